The monoisotopic (exact) mass is 452 g/mol. The van der Waals surface area contributed by atoms with E-state index in [1.165, 1.54) is 11.8 Å². The van der Waals surface area contributed by atoms with Crippen molar-refractivity contribution >= 4 is 22.7 Å². The zero-order valence-electron chi connectivity index (χ0n) is 18.3. The van der Waals surface area contributed by atoms with Gasteiger partial charge in [0.2, 0.25) is 11.8 Å². The summed E-state index contributed by atoms with van der Waals surface area (Å²) in [6, 6.07) is 14.6. The van der Waals surface area contributed by atoms with E-state index < -0.39 is 0 Å². The summed E-state index contributed by atoms with van der Waals surface area (Å²) in [5.41, 5.74) is 1.35. The van der Waals surface area contributed by atoms with Gasteiger partial charge in [0.1, 0.15) is 5.75 Å². The number of para-hydroxylation sites is 1. The van der Waals surface area contributed by atoms with Crippen molar-refractivity contribution in [1.29, 1.82) is 0 Å². The quantitative estimate of drug-likeness (QED) is 0.285. The van der Waals surface area contributed by atoms with Gasteiger partial charge in [-0.1, -0.05) is 23.9 Å². The van der Waals surface area contributed by atoms with Gasteiger partial charge in [0.25, 0.3) is 5.56 Å². The fourth-order valence-electron chi connectivity index (χ4n) is 3.37. The van der Waals surface area contributed by atoms with E-state index in [4.69, 9.17) is 18.9 Å². The van der Waals surface area contributed by atoms with Gasteiger partial charge in [0, 0.05) is 12.7 Å². The smallest absolute Gasteiger partial charge is 0.262 e. The summed E-state index contributed by atoms with van der Waals surface area (Å²) < 4.78 is 18.1. The molecule has 2 aromatic carbocycles. The molecule has 2 heterocycles. The van der Waals surface area contributed by atoms with Gasteiger partial charge in [-0.2, -0.15) is 0 Å². The van der Waals surface area contributed by atoms with E-state index in [1.54, 1.807) is 24.9 Å². The largest absolute Gasteiger partial charge is 0.497 e. The first kappa shape index (κ1) is 22.0. The molecule has 4 aromatic rings. The first-order chi connectivity index (χ1) is 15.5. The SMILES string of the molecule is COCC(C)n1c(SC(C)c2nnc(-c3ccc(OC)cc3)o2)nc2ccccc2c1=O. The van der Waals surface area contributed by atoms with E-state index >= 15 is 0 Å². The van der Waals surface area contributed by atoms with Gasteiger partial charge >= 0.3 is 0 Å². The van der Waals surface area contributed by atoms with Gasteiger partial charge in [-0.15, -0.1) is 10.2 Å². The van der Waals surface area contributed by atoms with E-state index in [-0.39, 0.29) is 16.9 Å². The molecule has 8 nitrogen and oxygen atoms in total. The lowest BCUT2D eigenvalue weighted by molar-refractivity contribution is 0.156. The number of nitrogens with zero attached hydrogens (tertiary/aromatic N) is 4. The van der Waals surface area contributed by atoms with Crippen LogP contribution in [0.1, 0.15) is 31.0 Å². The van der Waals surface area contributed by atoms with Crippen molar-refractivity contribution in [3.8, 4) is 17.2 Å². The van der Waals surface area contributed by atoms with Crippen LogP contribution >= 0.6 is 11.8 Å². The zero-order chi connectivity index (χ0) is 22.7. The van der Waals surface area contributed by atoms with E-state index in [1.807, 2.05) is 56.3 Å². The lowest BCUT2D eigenvalue weighted by atomic mass is 10.2. The van der Waals surface area contributed by atoms with E-state index in [9.17, 15) is 4.79 Å². The second-order valence-corrected chi connectivity index (χ2v) is 8.63. The molecule has 0 amide bonds. The molecule has 0 aliphatic heterocycles. The molecule has 2 aromatic heterocycles. The third-order valence-corrected chi connectivity index (χ3v) is 6.09. The molecule has 2 unspecified atom stereocenters. The molecule has 0 fully saturated rings. The summed E-state index contributed by atoms with van der Waals surface area (Å²) in [6.07, 6.45) is 0. The van der Waals surface area contributed by atoms with Crippen molar-refractivity contribution in [2.75, 3.05) is 20.8 Å². The fourth-order valence-corrected chi connectivity index (χ4v) is 4.41. The molecule has 0 spiro atoms. The Morgan fingerprint density at radius 2 is 1.81 bits per heavy atom. The van der Waals surface area contributed by atoms with E-state index in [0.29, 0.717) is 34.4 Å². The Morgan fingerprint density at radius 3 is 2.53 bits per heavy atom. The average molecular weight is 453 g/mol. The molecule has 0 aliphatic rings. The van der Waals surface area contributed by atoms with Crippen LogP contribution in [0, 0.1) is 0 Å². The highest BCUT2D eigenvalue weighted by atomic mass is 32.2. The summed E-state index contributed by atoms with van der Waals surface area (Å²) in [5, 5.41) is 9.33. The minimum Gasteiger partial charge on any atom is -0.497 e. The lowest BCUT2D eigenvalue weighted by Gasteiger charge is -2.19. The Balaban J connectivity index is 1.66. The summed E-state index contributed by atoms with van der Waals surface area (Å²) in [6.45, 7) is 4.28. The first-order valence-electron chi connectivity index (χ1n) is 10.2. The van der Waals surface area contributed by atoms with Gasteiger partial charge < -0.3 is 13.9 Å². The number of benzene rings is 2. The fraction of sp³-hybridized carbons (Fsp3) is 0.304. The van der Waals surface area contributed by atoms with Crippen LogP contribution in [-0.2, 0) is 4.74 Å². The van der Waals surface area contributed by atoms with Crippen molar-refractivity contribution in [2.45, 2.75) is 30.3 Å². The summed E-state index contributed by atoms with van der Waals surface area (Å²) in [7, 11) is 3.23. The van der Waals surface area contributed by atoms with Crippen LogP contribution < -0.4 is 10.3 Å². The molecule has 0 aliphatic carbocycles. The number of thioether (sulfide) groups is 1. The van der Waals surface area contributed by atoms with Gasteiger partial charge in [0.05, 0.1) is 35.9 Å². The molecule has 9 heteroatoms. The first-order valence-corrected chi connectivity index (χ1v) is 11.0. The average Bonchev–Trinajstić information content (AvgIpc) is 3.30. The van der Waals surface area contributed by atoms with Crippen LogP contribution in [0.15, 0.2) is 62.9 Å². The van der Waals surface area contributed by atoms with Crippen molar-refractivity contribution in [2.24, 2.45) is 0 Å². The number of fused-ring (bicyclic) bond motifs is 1. The predicted molar refractivity (Wildman–Crippen MR) is 123 cm³/mol. The summed E-state index contributed by atoms with van der Waals surface area (Å²) >= 11 is 1.40. The standard InChI is InChI=1S/C23H24N4O4S/c1-14(13-29-3)27-22(28)18-7-5-6-8-19(18)24-23(27)32-15(2)20-25-26-21(31-20)16-9-11-17(30-4)12-10-16/h5-12,14-15H,13H2,1-4H3. The predicted octanol–water partition coefficient (Wildman–Crippen LogP) is 4.52. The Kier molecular flexibility index (Phi) is 6.57. The van der Waals surface area contributed by atoms with Crippen LogP contribution in [-0.4, -0.2) is 40.6 Å². The highest BCUT2D eigenvalue weighted by molar-refractivity contribution is 7.99. The second kappa shape index (κ2) is 9.54. The number of ether oxygens (including phenoxy) is 2. The van der Waals surface area contributed by atoms with Gasteiger partial charge in [-0.25, -0.2) is 4.98 Å². The van der Waals surface area contributed by atoms with E-state index in [0.717, 1.165) is 11.3 Å². The Bertz CT molecular complexity index is 1270. The number of aromatic nitrogens is 4. The van der Waals surface area contributed by atoms with Crippen LogP contribution in [0.25, 0.3) is 22.4 Å². The lowest BCUT2D eigenvalue weighted by Crippen LogP contribution is -2.28. The number of hydrogen-bond acceptors (Lipinski definition) is 8. The Morgan fingerprint density at radius 1 is 1.06 bits per heavy atom. The molecule has 0 bridgehead atoms. The highest BCUT2D eigenvalue weighted by Crippen LogP contribution is 2.35. The second-order valence-electron chi connectivity index (χ2n) is 7.33. The Hall–Kier alpha value is -3.17. The van der Waals surface area contributed by atoms with Crippen molar-refractivity contribution in [3.05, 3.63) is 64.8 Å². The number of methoxy groups -OCH3 is 2. The van der Waals surface area contributed by atoms with Crippen LogP contribution in [0.2, 0.25) is 0 Å². The topological polar surface area (TPSA) is 92.3 Å². The normalized spacial score (nSPS) is 13.2. The molecule has 4 rings (SSSR count). The molecule has 32 heavy (non-hydrogen) atoms. The van der Waals surface area contributed by atoms with Crippen LogP contribution in [0.5, 0.6) is 5.75 Å². The maximum Gasteiger partial charge on any atom is 0.262 e. The van der Waals surface area contributed by atoms with Gasteiger partial charge in [-0.05, 0) is 50.2 Å². The summed E-state index contributed by atoms with van der Waals surface area (Å²) in [5.74, 6) is 1.63. The van der Waals surface area contributed by atoms with Gasteiger partial charge in [-0.3, -0.25) is 9.36 Å². The molecule has 0 radical (unpaired) electrons. The van der Waals surface area contributed by atoms with E-state index in [2.05, 4.69) is 10.2 Å². The highest BCUT2D eigenvalue weighted by Gasteiger charge is 2.22. The maximum atomic E-state index is 13.2. The van der Waals surface area contributed by atoms with Crippen LogP contribution in [0.4, 0.5) is 0 Å². The number of hydrogen-bond donors (Lipinski definition) is 0. The third kappa shape index (κ3) is 4.39. The maximum absolute atomic E-state index is 13.2. The molecule has 0 N–H and O–H groups in total. The van der Waals surface area contributed by atoms with Crippen molar-refractivity contribution in [3.63, 3.8) is 0 Å². The van der Waals surface area contributed by atoms with Crippen molar-refractivity contribution in [1.82, 2.24) is 19.7 Å². The molecule has 2 atom stereocenters. The molecule has 0 saturated carbocycles. The minimum atomic E-state index is -0.219. The van der Waals surface area contributed by atoms with Crippen LogP contribution in [0.3, 0.4) is 0 Å². The Labute approximate surface area is 189 Å². The molecule has 166 valence electrons. The molecule has 0 saturated heterocycles. The molecular weight excluding hydrogens is 428 g/mol. The molecular formula is C23H24N4O4S. The third-order valence-electron chi connectivity index (χ3n) is 5.03. The van der Waals surface area contributed by atoms with Gasteiger partial charge in [0.15, 0.2) is 5.16 Å². The summed E-state index contributed by atoms with van der Waals surface area (Å²) in [4.78, 5) is 18.0. The number of rotatable bonds is 8. The van der Waals surface area contributed by atoms with Crippen molar-refractivity contribution < 1.29 is 13.9 Å². The minimum absolute atomic E-state index is 0.0979. The zero-order valence-corrected chi connectivity index (χ0v) is 19.1.